The van der Waals surface area contributed by atoms with Gasteiger partial charge in [-0.1, -0.05) is 70.5 Å². The topological polar surface area (TPSA) is 26.3 Å². The summed E-state index contributed by atoms with van der Waals surface area (Å²) in [5.41, 5.74) is 8.22. The summed E-state index contributed by atoms with van der Waals surface area (Å²) in [6.45, 7) is 0. The molecule has 5 aromatic carbocycles. The van der Waals surface area contributed by atoms with Crippen molar-refractivity contribution in [3.8, 4) is 22.3 Å². The third-order valence-electron chi connectivity index (χ3n) is 6.33. The van der Waals surface area contributed by atoms with Crippen LogP contribution < -0.4 is 0 Å². The number of halogens is 1. The Bertz CT molecular complexity index is 1820. The third-order valence-corrected chi connectivity index (χ3v) is 6.82. The number of rotatable bonds is 2. The van der Waals surface area contributed by atoms with Crippen LogP contribution in [0.5, 0.6) is 0 Å². The Balaban J connectivity index is 1.43. The maximum atomic E-state index is 6.19. The van der Waals surface area contributed by atoms with Crippen LogP contribution in [0.3, 0.4) is 0 Å². The Hall–Kier alpha value is -3.82. The maximum Gasteiger partial charge on any atom is 0.139 e. The quantitative estimate of drug-likeness (QED) is 0.242. The lowest BCUT2D eigenvalue weighted by molar-refractivity contribution is 0.656. The number of fused-ring (bicyclic) bond motifs is 6. The van der Waals surface area contributed by atoms with E-state index in [0.29, 0.717) is 0 Å². The third kappa shape index (κ3) is 3.00. The Labute approximate surface area is 198 Å². The highest BCUT2D eigenvalue weighted by Crippen LogP contribution is 2.39. The molecule has 2 nitrogen and oxygen atoms in total. The van der Waals surface area contributed by atoms with Crippen LogP contribution in [-0.2, 0) is 0 Å². The van der Waals surface area contributed by atoms with E-state index in [1.165, 1.54) is 22.3 Å². The maximum absolute atomic E-state index is 6.19. The Morgan fingerprint density at radius 3 is 1.73 bits per heavy atom. The van der Waals surface area contributed by atoms with Gasteiger partial charge in [0.15, 0.2) is 0 Å². The van der Waals surface area contributed by atoms with Crippen molar-refractivity contribution in [1.82, 2.24) is 0 Å². The number of hydrogen-bond donors (Lipinski definition) is 0. The molecule has 2 heterocycles. The van der Waals surface area contributed by atoms with Gasteiger partial charge in [0, 0.05) is 32.1 Å². The molecular formula is C30H17BrO2. The zero-order valence-electron chi connectivity index (χ0n) is 17.5. The number of hydrogen-bond acceptors (Lipinski definition) is 2. The van der Waals surface area contributed by atoms with Crippen LogP contribution >= 0.6 is 15.9 Å². The Morgan fingerprint density at radius 2 is 0.970 bits per heavy atom. The second kappa shape index (κ2) is 7.09. The summed E-state index contributed by atoms with van der Waals surface area (Å²) in [6.07, 6.45) is 0. The summed E-state index contributed by atoms with van der Waals surface area (Å²) in [4.78, 5) is 0. The van der Waals surface area contributed by atoms with E-state index in [-0.39, 0.29) is 0 Å². The molecule has 3 heteroatoms. The predicted molar refractivity (Wildman–Crippen MR) is 140 cm³/mol. The van der Waals surface area contributed by atoms with Crippen LogP contribution in [0.1, 0.15) is 0 Å². The molecular weight excluding hydrogens is 472 g/mol. The van der Waals surface area contributed by atoms with Crippen LogP contribution in [0.15, 0.2) is 116 Å². The van der Waals surface area contributed by atoms with Crippen molar-refractivity contribution in [3.05, 3.63) is 108 Å². The Morgan fingerprint density at radius 1 is 0.394 bits per heavy atom. The average molecular weight is 489 g/mol. The molecule has 2 aromatic heterocycles. The molecule has 0 radical (unpaired) electrons. The molecule has 0 aliphatic rings. The molecule has 0 saturated heterocycles. The smallest absolute Gasteiger partial charge is 0.139 e. The minimum Gasteiger partial charge on any atom is -0.456 e. The first kappa shape index (κ1) is 18.7. The van der Waals surface area contributed by atoms with Crippen molar-refractivity contribution in [1.29, 1.82) is 0 Å². The van der Waals surface area contributed by atoms with Crippen LogP contribution in [0.25, 0.3) is 66.1 Å². The van der Waals surface area contributed by atoms with Crippen LogP contribution in [0.4, 0.5) is 0 Å². The molecule has 0 bridgehead atoms. The van der Waals surface area contributed by atoms with E-state index < -0.39 is 0 Å². The van der Waals surface area contributed by atoms with Crippen molar-refractivity contribution in [2.24, 2.45) is 0 Å². The van der Waals surface area contributed by atoms with E-state index in [4.69, 9.17) is 8.83 Å². The van der Waals surface area contributed by atoms with Gasteiger partial charge in [-0.25, -0.2) is 0 Å². The first-order valence-electron chi connectivity index (χ1n) is 10.9. The second-order valence-corrected chi connectivity index (χ2v) is 9.26. The predicted octanol–water partition coefficient (Wildman–Crippen LogP) is 9.58. The molecule has 0 N–H and O–H groups in total. The van der Waals surface area contributed by atoms with Crippen molar-refractivity contribution < 1.29 is 8.83 Å². The summed E-state index contributed by atoms with van der Waals surface area (Å²) in [6, 6.07) is 35.9. The van der Waals surface area contributed by atoms with Crippen molar-refractivity contribution in [2.45, 2.75) is 0 Å². The molecule has 7 aromatic rings. The molecule has 0 fully saturated rings. The summed E-state index contributed by atoms with van der Waals surface area (Å²) < 4.78 is 13.3. The lowest BCUT2D eigenvalue weighted by Crippen LogP contribution is -1.81. The standard InChI is InChI=1S/C30H17BrO2/c31-22-10-12-28-24(15-22)26-16-25-23-14-21(9-11-27(23)32-29(25)17-30(26)33-28)20-8-4-7-19(13-20)18-5-2-1-3-6-18/h1-17H. The lowest BCUT2D eigenvalue weighted by Gasteiger charge is -2.06. The number of furan rings is 2. The first-order valence-corrected chi connectivity index (χ1v) is 11.7. The molecule has 0 aliphatic carbocycles. The average Bonchev–Trinajstić information content (AvgIpc) is 3.39. The molecule has 7 rings (SSSR count). The fourth-order valence-electron chi connectivity index (χ4n) is 4.71. The van der Waals surface area contributed by atoms with Gasteiger partial charge in [-0.05, 0) is 64.7 Å². The van der Waals surface area contributed by atoms with Gasteiger partial charge in [0.25, 0.3) is 0 Å². The summed E-state index contributed by atoms with van der Waals surface area (Å²) in [5, 5.41) is 4.40. The van der Waals surface area contributed by atoms with E-state index in [0.717, 1.165) is 48.3 Å². The van der Waals surface area contributed by atoms with Crippen molar-refractivity contribution >= 4 is 59.8 Å². The van der Waals surface area contributed by atoms with E-state index in [2.05, 4.69) is 94.8 Å². The van der Waals surface area contributed by atoms with Crippen molar-refractivity contribution in [3.63, 3.8) is 0 Å². The molecule has 0 unspecified atom stereocenters. The van der Waals surface area contributed by atoms with Gasteiger partial charge >= 0.3 is 0 Å². The van der Waals surface area contributed by atoms with Gasteiger partial charge in [-0.15, -0.1) is 0 Å². The Kier molecular flexibility index (Phi) is 4.02. The van der Waals surface area contributed by atoms with E-state index in [9.17, 15) is 0 Å². The van der Waals surface area contributed by atoms with Crippen molar-refractivity contribution in [2.75, 3.05) is 0 Å². The normalized spacial score (nSPS) is 11.8. The molecule has 156 valence electrons. The molecule has 0 aliphatic heterocycles. The van der Waals surface area contributed by atoms with Gasteiger partial charge < -0.3 is 8.83 Å². The molecule has 33 heavy (non-hydrogen) atoms. The first-order chi connectivity index (χ1) is 16.2. The summed E-state index contributed by atoms with van der Waals surface area (Å²) in [5.74, 6) is 0. The molecule has 0 amide bonds. The molecule has 0 atom stereocenters. The zero-order chi connectivity index (χ0) is 21.9. The van der Waals surface area contributed by atoms with Gasteiger partial charge in [-0.3, -0.25) is 0 Å². The van der Waals surface area contributed by atoms with Gasteiger partial charge in [0.1, 0.15) is 22.3 Å². The molecule has 0 saturated carbocycles. The minimum atomic E-state index is 0.838. The zero-order valence-corrected chi connectivity index (χ0v) is 19.1. The van der Waals surface area contributed by atoms with Gasteiger partial charge in [-0.2, -0.15) is 0 Å². The van der Waals surface area contributed by atoms with Gasteiger partial charge in [0.05, 0.1) is 0 Å². The highest BCUT2D eigenvalue weighted by Gasteiger charge is 2.14. The SMILES string of the molecule is Brc1ccc2oc3cc4oc5ccc(-c6cccc(-c7ccccc7)c6)cc5c4cc3c2c1. The van der Waals surface area contributed by atoms with Crippen LogP contribution in [0.2, 0.25) is 0 Å². The molecule has 0 spiro atoms. The highest BCUT2D eigenvalue weighted by molar-refractivity contribution is 9.10. The fraction of sp³-hybridized carbons (Fsp3) is 0. The monoisotopic (exact) mass is 488 g/mol. The van der Waals surface area contributed by atoms with Crippen LogP contribution in [0, 0.1) is 0 Å². The minimum absolute atomic E-state index is 0.838. The highest BCUT2D eigenvalue weighted by atomic mass is 79.9. The number of benzene rings is 5. The van der Waals surface area contributed by atoms with E-state index in [1.54, 1.807) is 0 Å². The summed E-state index contributed by atoms with van der Waals surface area (Å²) in [7, 11) is 0. The van der Waals surface area contributed by atoms with E-state index in [1.807, 2.05) is 24.3 Å². The van der Waals surface area contributed by atoms with Crippen LogP contribution in [-0.4, -0.2) is 0 Å². The fourth-order valence-corrected chi connectivity index (χ4v) is 5.07. The lowest BCUT2D eigenvalue weighted by atomic mass is 9.98. The summed E-state index contributed by atoms with van der Waals surface area (Å²) >= 11 is 3.58. The van der Waals surface area contributed by atoms with E-state index >= 15 is 0 Å². The largest absolute Gasteiger partial charge is 0.456 e. The van der Waals surface area contributed by atoms with Gasteiger partial charge in [0.2, 0.25) is 0 Å². The second-order valence-electron chi connectivity index (χ2n) is 8.35.